The van der Waals surface area contributed by atoms with Gasteiger partial charge in [0.2, 0.25) is 0 Å². The zero-order valence-corrected chi connectivity index (χ0v) is 13.1. The molecular weight excluding hydrogens is 290 g/mol. The lowest BCUT2D eigenvalue weighted by atomic mass is 10.1. The van der Waals surface area contributed by atoms with Gasteiger partial charge in [-0.2, -0.15) is 0 Å². The summed E-state index contributed by atoms with van der Waals surface area (Å²) in [4.78, 5) is 2.15. The van der Waals surface area contributed by atoms with E-state index in [-0.39, 0.29) is 0 Å². The van der Waals surface area contributed by atoms with Gasteiger partial charge >= 0.3 is 0 Å². The van der Waals surface area contributed by atoms with Gasteiger partial charge in [-0.3, -0.25) is 0 Å². The summed E-state index contributed by atoms with van der Waals surface area (Å²) < 4.78 is 5.91. The molecule has 1 aromatic heterocycles. The summed E-state index contributed by atoms with van der Waals surface area (Å²) in [5.41, 5.74) is 7.46. The summed E-state index contributed by atoms with van der Waals surface area (Å²) in [6.45, 7) is 4.92. The Labute approximate surface area is 128 Å². The monoisotopic (exact) mass is 305 g/mol. The van der Waals surface area contributed by atoms with E-state index in [4.69, 9.17) is 22.1 Å². The predicted molar refractivity (Wildman–Crippen MR) is 85.5 cm³/mol. The lowest BCUT2D eigenvalue weighted by Crippen LogP contribution is -1.97. The van der Waals surface area contributed by atoms with Crippen molar-refractivity contribution in [2.75, 3.05) is 6.54 Å². The van der Waals surface area contributed by atoms with Crippen molar-refractivity contribution in [3.8, 4) is 17.6 Å². The third-order valence-corrected chi connectivity index (χ3v) is 3.95. The summed E-state index contributed by atoms with van der Waals surface area (Å²) in [7, 11) is 0. The van der Waals surface area contributed by atoms with E-state index in [2.05, 4.69) is 11.8 Å². The van der Waals surface area contributed by atoms with Crippen molar-refractivity contribution in [2.24, 2.45) is 5.73 Å². The minimum absolute atomic E-state index is 0.382. The molecule has 20 heavy (non-hydrogen) atoms. The summed E-state index contributed by atoms with van der Waals surface area (Å²) in [5, 5.41) is 0.739. The number of thiophene rings is 1. The Kier molecular flexibility index (Phi) is 5.08. The second-order valence-corrected chi connectivity index (χ2v) is 6.03. The Hall–Kier alpha value is -1.47. The van der Waals surface area contributed by atoms with E-state index < -0.39 is 0 Å². The average Bonchev–Trinajstić information content (AvgIpc) is 2.83. The summed E-state index contributed by atoms with van der Waals surface area (Å²) >= 11 is 7.64. The highest BCUT2D eigenvalue weighted by molar-refractivity contribution is 7.12. The fraction of sp³-hybridized carbons (Fsp3) is 0.250. The molecule has 0 amide bonds. The number of aryl methyl sites for hydroxylation is 2. The molecule has 0 saturated carbocycles. The molecule has 0 aliphatic rings. The fourth-order valence-corrected chi connectivity index (χ4v) is 3.05. The maximum Gasteiger partial charge on any atom is 0.125 e. The number of hydrogen-bond acceptors (Lipinski definition) is 3. The molecule has 0 radical (unpaired) electrons. The van der Waals surface area contributed by atoms with E-state index in [1.54, 1.807) is 11.3 Å². The molecule has 0 aliphatic carbocycles. The van der Waals surface area contributed by atoms with Gasteiger partial charge in [-0.1, -0.05) is 23.4 Å². The van der Waals surface area contributed by atoms with Crippen molar-refractivity contribution in [1.29, 1.82) is 0 Å². The molecule has 104 valence electrons. The van der Waals surface area contributed by atoms with Gasteiger partial charge in [0, 0.05) is 9.90 Å². The van der Waals surface area contributed by atoms with Gasteiger partial charge < -0.3 is 10.5 Å². The molecule has 0 fully saturated rings. The first-order valence-electron chi connectivity index (χ1n) is 6.27. The molecule has 0 saturated heterocycles. The highest BCUT2D eigenvalue weighted by Gasteiger charge is 2.07. The fourth-order valence-electron chi connectivity index (χ4n) is 1.93. The van der Waals surface area contributed by atoms with Crippen molar-refractivity contribution in [3.05, 3.63) is 50.2 Å². The SMILES string of the molecule is Cc1cc(Cl)cc(C)c1OCc1ccc(C#CCN)s1. The van der Waals surface area contributed by atoms with Crippen LogP contribution in [-0.2, 0) is 6.61 Å². The first-order chi connectivity index (χ1) is 9.60. The van der Waals surface area contributed by atoms with Crippen LogP contribution in [0.3, 0.4) is 0 Å². The van der Waals surface area contributed by atoms with Crippen LogP contribution in [0.4, 0.5) is 0 Å². The van der Waals surface area contributed by atoms with Crippen LogP contribution in [0.5, 0.6) is 5.75 Å². The molecule has 0 aliphatic heterocycles. The number of nitrogens with two attached hydrogens (primary N) is 1. The normalized spacial score (nSPS) is 10.0. The number of rotatable bonds is 3. The molecule has 0 atom stereocenters. The topological polar surface area (TPSA) is 35.2 Å². The molecule has 0 unspecified atom stereocenters. The van der Waals surface area contributed by atoms with E-state index >= 15 is 0 Å². The van der Waals surface area contributed by atoms with Gasteiger partial charge in [-0.25, -0.2) is 0 Å². The molecule has 4 heteroatoms. The number of hydrogen-bond donors (Lipinski definition) is 1. The highest BCUT2D eigenvalue weighted by atomic mass is 35.5. The molecule has 0 bridgehead atoms. The Bertz CT molecular complexity index is 644. The van der Waals surface area contributed by atoms with Crippen LogP contribution in [-0.4, -0.2) is 6.54 Å². The lowest BCUT2D eigenvalue weighted by Gasteiger charge is -2.11. The van der Waals surface area contributed by atoms with E-state index in [0.29, 0.717) is 13.2 Å². The maximum atomic E-state index is 6.01. The number of halogens is 1. The summed E-state index contributed by atoms with van der Waals surface area (Å²) in [6, 6.07) is 7.85. The number of ether oxygens (including phenoxy) is 1. The third-order valence-electron chi connectivity index (χ3n) is 2.76. The highest BCUT2D eigenvalue weighted by Crippen LogP contribution is 2.28. The first kappa shape index (κ1) is 14.9. The van der Waals surface area contributed by atoms with Crippen LogP contribution in [0, 0.1) is 25.7 Å². The molecule has 1 aromatic carbocycles. The third kappa shape index (κ3) is 3.77. The van der Waals surface area contributed by atoms with Gasteiger partial charge in [0.1, 0.15) is 12.4 Å². The first-order valence-corrected chi connectivity index (χ1v) is 7.47. The second-order valence-electron chi connectivity index (χ2n) is 4.43. The Morgan fingerprint density at radius 3 is 2.60 bits per heavy atom. The van der Waals surface area contributed by atoms with Gasteiger partial charge in [0.25, 0.3) is 0 Å². The summed E-state index contributed by atoms with van der Waals surface area (Å²) in [6.07, 6.45) is 0. The quantitative estimate of drug-likeness (QED) is 0.873. The Morgan fingerprint density at radius 2 is 1.95 bits per heavy atom. The predicted octanol–water partition coefficient (Wildman–Crippen LogP) is 3.91. The molecule has 2 aromatic rings. The molecule has 1 heterocycles. The molecule has 0 spiro atoms. The van der Waals surface area contributed by atoms with Crippen LogP contribution < -0.4 is 10.5 Å². The van der Waals surface area contributed by atoms with Gasteiger partial charge in [-0.15, -0.1) is 11.3 Å². The van der Waals surface area contributed by atoms with Crippen LogP contribution in [0.1, 0.15) is 20.9 Å². The largest absolute Gasteiger partial charge is 0.488 e. The second kappa shape index (κ2) is 6.81. The van der Waals surface area contributed by atoms with Crippen molar-refractivity contribution in [2.45, 2.75) is 20.5 Å². The van der Waals surface area contributed by atoms with E-state index in [1.807, 2.05) is 38.1 Å². The van der Waals surface area contributed by atoms with Crippen molar-refractivity contribution >= 4 is 22.9 Å². The minimum atomic E-state index is 0.382. The average molecular weight is 306 g/mol. The molecule has 2 nitrogen and oxygen atoms in total. The minimum Gasteiger partial charge on any atom is -0.488 e. The molecule has 2 rings (SSSR count). The van der Waals surface area contributed by atoms with Crippen molar-refractivity contribution in [3.63, 3.8) is 0 Å². The van der Waals surface area contributed by atoms with E-state index in [0.717, 1.165) is 31.7 Å². The van der Waals surface area contributed by atoms with Crippen molar-refractivity contribution in [1.82, 2.24) is 0 Å². The molecule has 2 N–H and O–H groups in total. The van der Waals surface area contributed by atoms with E-state index in [9.17, 15) is 0 Å². The van der Waals surface area contributed by atoms with E-state index in [1.165, 1.54) is 0 Å². The van der Waals surface area contributed by atoms with Crippen LogP contribution in [0.2, 0.25) is 5.02 Å². The van der Waals surface area contributed by atoms with Gasteiger partial charge in [0.15, 0.2) is 0 Å². The van der Waals surface area contributed by atoms with Crippen LogP contribution >= 0.6 is 22.9 Å². The zero-order valence-electron chi connectivity index (χ0n) is 11.5. The zero-order chi connectivity index (χ0) is 14.5. The Balaban J connectivity index is 2.07. The standard InChI is InChI=1S/C16H16ClNOS/c1-11-8-13(17)9-12(2)16(11)19-10-15-6-5-14(20-15)4-3-7-18/h5-6,8-9H,7,10,18H2,1-2H3. The van der Waals surface area contributed by atoms with Gasteiger partial charge in [0.05, 0.1) is 11.4 Å². The van der Waals surface area contributed by atoms with Crippen LogP contribution in [0.15, 0.2) is 24.3 Å². The van der Waals surface area contributed by atoms with Gasteiger partial charge in [-0.05, 0) is 49.2 Å². The van der Waals surface area contributed by atoms with Crippen molar-refractivity contribution < 1.29 is 4.74 Å². The summed E-state index contributed by atoms with van der Waals surface area (Å²) in [5.74, 6) is 6.77. The lowest BCUT2D eigenvalue weighted by molar-refractivity contribution is 0.305. The number of benzene rings is 1. The van der Waals surface area contributed by atoms with Crippen LogP contribution in [0.25, 0.3) is 0 Å². The maximum absolute atomic E-state index is 6.01. The Morgan fingerprint density at radius 1 is 1.25 bits per heavy atom. The molecular formula is C16H16ClNOS. The smallest absolute Gasteiger partial charge is 0.125 e.